The quantitative estimate of drug-likeness (QED) is 0.842. The van der Waals surface area contributed by atoms with Gasteiger partial charge in [0.25, 0.3) is 0 Å². The Kier molecular flexibility index (Phi) is 6.37. The van der Waals surface area contributed by atoms with Crippen LogP contribution < -0.4 is 5.32 Å². The van der Waals surface area contributed by atoms with Crippen LogP contribution in [0.3, 0.4) is 0 Å². The third-order valence-electron chi connectivity index (χ3n) is 4.39. The van der Waals surface area contributed by atoms with E-state index in [1.54, 1.807) is 0 Å². The fourth-order valence-electron chi connectivity index (χ4n) is 3.03. The van der Waals surface area contributed by atoms with Crippen molar-refractivity contribution in [1.82, 2.24) is 4.90 Å². The molecule has 2 rings (SSSR count). The van der Waals surface area contributed by atoms with Crippen molar-refractivity contribution >= 4 is 21.6 Å². The number of benzene rings is 1. The van der Waals surface area contributed by atoms with Gasteiger partial charge in [-0.2, -0.15) is 0 Å². The van der Waals surface area contributed by atoms with Gasteiger partial charge in [-0.15, -0.1) is 0 Å². The van der Waals surface area contributed by atoms with Gasteiger partial charge in [0, 0.05) is 23.2 Å². The minimum absolute atomic E-state index is 0.842. The molecule has 0 bridgehead atoms. The van der Waals surface area contributed by atoms with Crippen molar-refractivity contribution in [2.75, 3.05) is 31.5 Å². The van der Waals surface area contributed by atoms with Crippen LogP contribution in [0.5, 0.6) is 0 Å². The molecule has 1 aromatic rings. The summed E-state index contributed by atoms with van der Waals surface area (Å²) < 4.78 is 1.14. The van der Waals surface area contributed by atoms with Crippen LogP contribution in [0.1, 0.15) is 33.1 Å². The summed E-state index contributed by atoms with van der Waals surface area (Å²) in [5.74, 6) is 1.77. The van der Waals surface area contributed by atoms with Crippen molar-refractivity contribution in [3.8, 4) is 0 Å². The Balaban J connectivity index is 1.72. The second-order valence-corrected chi connectivity index (χ2v) is 7.13. The summed E-state index contributed by atoms with van der Waals surface area (Å²) in [5, 5.41) is 3.52. The van der Waals surface area contributed by atoms with Gasteiger partial charge in [0.1, 0.15) is 0 Å². The van der Waals surface area contributed by atoms with E-state index in [1.807, 2.05) is 0 Å². The number of hydrogen-bond acceptors (Lipinski definition) is 2. The van der Waals surface area contributed by atoms with E-state index < -0.39 is 0 Å². The first-order valence-electron chi connectivity index (χ1n) is 7.87. The van der Waals surface area contributed by atoms with E-state index in [0.717, 1.165) is 29.4 Å². The summed E-state index contributed by atoms with van der Waals surface area (Å²) in [4.78, 5) is 2.62. The molecule has 1 aliphatic rings. The van der Waals surface area contributed by atoms with Crippen LogP contribution in [-0.2, 0) is 0 Å². The third kappa shape index (κ3) is 5.10. The zero-order valence-corrected chi connectivity index (χ0v) is 14.3. The van der Waals surface area contributed by atoms with E-state index in [0.29, 0.717) is 0 Å². The Morgan fingerprint density at radius 3 is 2.90 bits per heavy atom. The van der Waals surface area contributed by atoms with Crippen LogP contribution in [0.15, 0.2) is 28.7 Å². The van der Waals surface area contributed by atoms with Gasteiger partial charge in [0.15, 0.2) is 0 Å². The van der Waals surface area contributed by atoms with Gasteiger partial charge in [-0.3, -0.25) is 0 Å². The molecule has 0 saturated carbocycles. The lowest BCUT2D eigenvalue weighted by Crippen LogP contribution is -2.30. The molecule has 20 heavy (non-hydrogen) atoms. The molecule has 1 heterocycles. The molecule has 1 aliphatic heterocycles. The van der Waals surface area contributed by atoms with Gasteiger partial charge in [-0.05, 0) is 62.4 Å². The maximum atomic E-state index is 3.52. The van der Waals surface area contributed by atoms with Crippen LogP contribution in [0.4, 0.5) is 5.69 Å². The normalized spacial score (nSPS) is 20.9. The molecule has 0 spiro atoms. The van der Waals surface area contributed by atoms with E-state index in [1.165, 1.54) is 38.0 Å². The molecule has 1 unspecified atom stereocenters. The highest BCUT2D eigenvalue weighted by Gasteiger charge is 2.18. The Hall–Kier alpha value is -0.540. The predicted octanol–water partition coefficient (Wildman–Crippen LogP) is 4.62. The van der Waals surface area contributed by atoms with Crippen molar-refractivity contribution in [3.05, 3.63) is 28.7 Å². The molecule has 0 aromatic heterocycles. The van der Waals surface area contributed by atoms with E-state index >= 15 is 0 Å². The molecule has 0 aliphatic carbocycles. The number of anilines is 1. The van der Waals surface area contributed by atoms with Crippen LogP contribution in [0, 0.1) is 11.8 Å². The Morgan fingerprint density at radius 1 is 1.30 bits per heavy atom. The number of nitrogens with one attached hydrogen (secondary N) is 1. The molecule has 1 saturated heterocycles. The van der Waals surface area contributed by atoms with Crippen molar-refractivity contribution in [2.24, 2.45) is 11.8 Å². The summed E-state index contributed by atoms with van der Waals surface area (Å²) in [6, 6.07) is 8.40. The smallest absolute Gasteiger partial charge is 0.0351 e. The average molecular weight is 339 g/mol. The molecule has 1 N–H and O–H groups in total. The Labute approximate surface area is 132 Å². The molecule has 1 atom stereocenters. The zero-order chi connectivity index (χ0) is 14.4. The SMILES string of the molecule is CC(C)C1CCCN(CCNc2cccc(Br)c2)CC1. The summed E-state index contributed by atoms with van der Waals surface area (Å²) in [7, 11) is 0. The van der Waals surface area contributed by atoms with Crippen molar-refractivity contribution < 1.29 is 0 Å². The maximum Gasteiger partial charge on any atom is 0.0351 e. The fraction of sp³-hybridized carbons (Fsp3) is 0.647. The van der Waals surface area contributed by atoms with Crippen LogP contribution in [-0.4, -0.2) is 31.1 Å². The molecule has 0 radical (unpaired) electrons. The van der Waals surface area contributed by atoms with E-state index in [-0.39, 0.29) is 0 Å². The largest absolute Gasteiger partial charge is 0.384 e. The van der Waals surface area contributed by atoms with Crippen molar-refractivity contribution in [3.63, 3.8) is 0 Å². The number of halogens is 1. The van der Waals surface area contributed by atoms with E-state index in [4.69, 9.17) is 0 Å². The van der Waals surface area contributed by atoms with Gasteiger partial charge in [0.2, 0.25) is 0 Å². The monoisotopic (exact) mass is 338 g/mol. The molecular formula is C17H27BrN2. The summed E-state index contributed by atoms with van der Waals surface area (Å²) in [6.07, 6.45) is 4.14. The third-order valence-corrected chi connectivity index (χ3v) is 4.88. The Bertz CT molecular complexity index is 406. The fourth-order valence-corrected chi connectivity index (χ4v) is 3.43. The van der Waals surface area contributed by atoms with Crippen molar-refractivity contribution in [2.45, 2.75) is 33.1 Å². The molecule has 0 amide bonds. The highest BCUT2D eigenvalue weighted by Crippen LogP contribution is 2.24. The van der Waals surface area contributed by atoms with Crippen molar-refractivity contribution in [1.29, 1.82) is 0 Å². The summed E-state index contributed by atoms with van der Waals surface area (Å²) >= 11 is 3.51. The molecule has 112 valence electrons. The van der Waals surface area contributed by atoms with Gasteiger partial charge >= 0.3 is 0 Å². The lowest BCUT2D eigenvalue weighted by atomic mass is 9.89. The minimum Gasteiger partial charge on any atom is -0.384 e. The van der Waals surface area contributed by atoms with Crippen LogP contribution in [0.25, 0.3) is 0 Å². The molecule has 1 fully saturated rings. The highest BCUT2D eigenvalue weighted by atomic mass is 79.9. The number of rotatable bonds is 5. The summed E-state index contributed by atoms with van der Waals surface area (Å²) in [6.45, 7) is 9.46. The minimum atomic E-state index is 0.842. The average Bonchev–Trinajstić information content (AvgIpc) is 2.64. The number of likely N-dealkylation sites (tertiary alicyclic amines) is 1. The van der Waals surface area contributed by atoms with Crippen LogP contribution >= 0.6 is 15.9 Å². The summed E-state index contributed by atoms with van der Waals surface area (Å²) in [5.41, 5.74) is 1.20. The van der Waals surface area contributed by atoms with Gasteiger partial charge < -0.3 is 10.2 Å². The van der Waals surface area contributed by atoms with E-state index in [9.17, 15) is 0 Å². The van der Waals surface area contributed by atoms with E-state index in [2.05, 4.69) is 64.3 Å². The first-order valence-corrected chi connectivity index (χ1v) is 8.66. The topological polar surface area (TPSA) is 15.3 Å². The maximum absolute atomic E-state index is 3.52. The van der Waals surface area contributed by atoms with Gasteiger partial charge in [-0.25, -0.2) is 0 Å². The molecular weight excluding hydrogens is 312 g/mol. The standard InChI is InChI=1S/C17H27BrN2/c1-14(2)15-5-4-10-20(11-8-15)12-9-19-17-7-3-6-16(18)13-17/h3,6-7,13-15,19H,4-5,8-12H2,1-2H3. The van der Waals surface area contributed by atoms with Gasteiger partial charge in [0.05, 0.1) is 0 Å². The zero-order valence-electron chi connectivity index (χ0n) is 12.7. The number of hydrogen-bond donors (Lipinski definition) is 1. The molecule has 1 aromatic carbocycles. The lowest BCUT2D eigenvalue weighted by Gasteiger charge is -2.21. The molecule has 3 heteroatoms. The molecule has 2 nitrogen and oxygen atoms in total. The highest BCUT2D eigenvalue weighted by molar-refractivity contribution is 9.10. The number of nitrogens with zero attached hydrogens (tertiary/aromatic N) is 1. The predicted molar refractivity (Wildman–Crippen MR) is 91.3 cm³/mol. The first kappa shape index (κ1) is 15.8. The first-order chi connectivity index (χ1) is 9.65. The second kappa shape index (κ2) is 8.04. The second-order valence-electron chi connectivity index (χ2n) is 6.21. The van der Waals surface area contributed by atoms with Crippen LogP contribution in [0.2, 0.25) is 0 Å². The van der Waals surface area contributed by atoms with Gasteiger partial charge in [-0.1, -0.05) is 35.8 Å². The lowest BCUT2D eigenvalue weighted by molar-refractivity contribution is 0.281. The Morgan fingerprint density at radius 2 is 2.15 bits per heavy atom.